The van der Waals surface area contributed by atoms with Crippen LogP contribution in [0.1, 0.15) is 40.6 Å². The van der Waals surface area contributed by atoms with Gasteiger partial charge in [-0.15, -0.1) is 11.3 Å². The van der Waals surface area contributed by atoms with Crippen LogP contribution in [0.5, 0.6) is 0 Å². The number of pyridine rings is 1. The van der Waals surface area contributed by atoms with E-state index in [0.29, 0.717) is 23.5 Å². The molecule has 4 nitrogen and oxygen atoms in total. The van der Waals surface area contributed by atoms with Crippen LogP contribution in [0.3, 0.4) is 0 Å². The molecule has 0 saturated heterocycles. The molecule has 0 radical (unpaired) electrons. The van der Waals surface area contributed by atoms with Gasteiger partial charge in [-0.1, -0.05) is 31.0 Å². The SMILES string of the molecule is CCCCN(Cc1cc2cc(C)ccc2[nH]c1=O)C(=O)c1cccs1. The molecule has 0 aliphatic carbocycles. The van der Waals surface area contributed by atoms with Gasteiger partial charge in [0.1, 0.15) is 0 Å². The first-order chi connectivity index (χ1) is 12.1. The number of thiophene rings is 1. The molecule has 0 atom stereocenters. The van der Waals surface area contributed by atoms with Crippen LogP contribution in [-0.4, -0.2) is 22.3 Å². The number of aromatic amines is 1. The molecule has 0 unspecified atom stereocenters. The second-order valence-corrected chi connectivity index (χ2v) is 7.22. The zero-order chi connectivity index (χ0) is 17.8. The van der Waals surface area contributed by atoms with Crippen molar-refractivity contribution >= 4 is 28.1 Å². The van der Waals surface area contributed by atoms with Gasteiger partial charge in [-0.2, -0.15) is 0 Å². The number of amides is 1. The third-order valence-corrected chi connectivity index (χ3v) is 5.10. The van der Waals surface area contributed by atoms with Crippen molar-refractivity contribution in [1.82, 2.24) is 9.88 Å². The van der Waals surface area contributed by atoms with Crippen molar-refractivity contribution in [3.8, 4) is 0 Å². The second-order valence-electron chi connectivity index (χ2n) is 6.27. The molecular weight excluding hydrogens is 332 g/mol. The summed E-state index contributed by atoms with van der Waals surface area (Å²) < 4.78 is 0. The normalized spacial score (nSPS) is 11.0. The monoisotopic (exact) mass is 354 g/mol. The number of aromatic nitrogens is 1. The third kappa shape index (κ3) is 3.99. The molecule has 130 valence electrons. The maximum absolute atomic E-state index is 12.8. The summed E-state index contributed by atoms with van der Waals surface area (Å²) in [7, 11) is 0. The van der Waals surface area contributed by atoms with E-state index in [2.05, 4.69) is 11.9 Å². The van der Waals surface area contributed by atoms with Crippen LogP contribution in [0.25, 0.3) is 10.9 Å². The lowest BCUT2D eigenvalue weighted by Crippen LogP contribution is -2.33. The Hall–Kier alpha value is -2.40. The summed E-state index contributed by atoms with van der Waals surface area (Å²) >= 11 is 1.43. The maximum Gasteiger partial charge on any atom is 0.264 e. The van der Waals surface area contributed by atoms with Crippen molar-refractivity contribution in [3.63, 3.8) is 0 Å². The molecule has 0 fully saturated rings. The fraction of sp³-hybridized carbons (Fsp3) is 0.300. The number of nitrogens with one attached hydrogen (secondary N) is 1. The number of hydrogen-bond donors (Lipinski definition) is 1. The lowest BCUT2D eigenvalue weighted by atomic mass is 10.1. The Bertz CT molecular complexity index is 929. The van der Waals surface area contributed by atoms with E-state index < -0.39 is 0 Å². The highest BCUT2D eigenvalue weighted by Crippen LogP contribution is 2.17. The molecule has 1 amide bonds. The molecule has 0 aliphatic rings. The zero-order valence-corrected chi connectivity index (χ0v) is 15.4. The molecule has 5 heteroatoms. The van der Waals surface area contributed by atoms with E-state index in [1.165, 1.54) is 11.3 Å². The van der Waals surface area contributed by atoms with Crippen LogP contribution in [0.15, 0.2) is 46.6 Å². The molecule has 1 aromatic carbocycles. The van der Waals surface area contributed by atoms with Gasteiger partial charge in [-0.05, 0) is 48.4 Å². The van der Waals surface area contributed by atoms with E-state index in [1.807, 2.05) is 48.7 Å². The first kappa shape index (κ1) is 17.4. The van der Waals surface area contributed by atoms with Gasteiger partial charge >= 0.3 is 0 Å². The van der Waals surface area contributed by atoms with Crippen molar-refractivity contribution in [2.75, 3.05) is 6.54 Å². The average Bonchev–Trinajstić information content (AvgIpc) is 3.13. The molecular formula is C20H22N2O2S. The first-order valence-corrected chi connectivity index (χ1v) is 9.42. The Labute approximate surface area is 151 Å². The van der Waals surface area contributed by atoms with Crippen LogP contribution in [-0.2, 0) is 6.54 Å². The van der Waals surface area contributed by atoms with Crippen molar-refractivity contribution in [3.05, 3.63) is 68.1 Å². The highest BCUT2D eigenvalue weighted by atomic mass is 32.1. The minimum atomic E-state index is -0.128. The summed E-state index contributed by atoms with van der Waals surface area (Å²) in [5.41, 5.74) is 2.46. The first-order valence-electron chi connectivity index (χ1n) is 8.54. The summed E-state index contributed by atoms with van der Waals surface area (Å²) in [5.74, 6) is -0.00723. The van der Waals surface area contributed by atoms with Gasteiger partial charge in [0.25, 0.3) is 11.5 Å². The van der Waals surface area contributed by atoms with Crippen LogP contribution in [0.2, 0.25) is 0 Å². The zero-order valence-electron chi connectivity index (χ0n) is 14.5. The Balaban J connectivity index is 1.93. The standard InChI is InChI=1S/C20H22N2O2S/c1-3-4-9-22(20(24)18-6-5-10-25-18)13-16-12-15-11-14(2)7-8-17(15)21-19(16)23/h5-8,10-12H,3-4,9,13H2,1-2H3,(H,21,23). The quantitative estimate of drug-likeness (QED) is 0.716. The number of benzene rings is 1. The maximum atomic E-state index is 12.8. The number of hydrogen-bond acceptors (Lipinski definition) is 3. The topological polar surface area (TPSA) is 53.2 Å². The molecule has 0 aliphatic heterocycles. The van der Waals surface area contributed by atoms with Crippen molar-refractivity contribution in [1.29, 1.82) is 0 Å². The number of unbranched alkanes of at least 4 members (excludes halogenated alkanes) is 1. The number of aryl methyl sites for hydroxylation is 1. The van der Waals surface area contributed by atoms with Gasteiger partial charge in [-0.25, -0.2) is 0 Å². The lowest BCUT2D eigenvalue weighted by Gasteiger charge is -2.22. The predicted octanol–water partition coefficient (Wildman–Crippen LogP) is 4.34. The summed E-state index contributed by atoms with van der Waals surface area (Å²) in [5, 5.41) is 2.89. The Morgan fingerprint density at radius 3 is 2.80 bits per heavy atom. The van der Waals surface area contributed by atoms with Crippen molar-refractivity contribution in [2.45, 2.75) is 33.2 Å². The minimum Gasteiger partial charge on any atom is -0.333 e. The molecule has 3 rings (SSSR count). The Kier molecular flexibility index (Phi) is 5.34. The Morgan fingerprint density at radius 1 is 1.24 bits per heavy atom. The van der Waals surface area contributed by atoms with Crippen molar-refractivity contribution in [2.24, 2.45) is 0 Å². The summed E-state index contributed by atoms with van der Waals surface area (Å²) in [6.07, 6.45) is 1.92. The molecule has 0 spiro atoms. The van der Waals surface area contributed by atoms with E-state index in [4.69, 9.17) is 0 Å². The molecule has 0 saturated carbocycles. The number of carbonyl (C=O) groups excluding carboxylic acids is 1. The van der Waals surface area contributed by atoms with Gasteiger partial charge in [0, 0.05) is 17.6 Å². The number of rotatable bonds is 6. The van der Waals surface area contributed by atoms with Gasteiger partial charge in [-0.3, -0.25) is 9.59 Å². The molecule has 25 heavy (non-hydrogen) atoms. The van der Waals surface area contributed by atoms with E-state index >= 15 is 0 Å². The summed E-state index contributed by atoms with van der Waals surface area (Å²) in [6.45, 7) is 5.10. The van der Waals surface area contributed by atoms with E-state index in [-0.39, 0.29) is 11.5 Å². The highest BCUT2D eigenvalue weighted by molar-refractivity contribution is 7.12. The number of carbonyl (C=O) groups is 1. The molecule has 2 heterocycles. The van der Waals surface area contributed by atoms with Crippen LogP contribution >= 0.6 is 11.3 Å². The highest BCUT2D eigenvalue weighted by Gasteiger charge is 2.18. The summed E-state index contributed by atoms with van der Waals surface area (Å²) in [6, 6.07) is 11.6. The van der Waals surface area contributed by atoms with Gasteiger partial charge < -0.3 is 9.88 Å². The van der Waals surface area contributed by atoms with Crippen LogP contribution < -0.4 is 5.56 Å². The fourth-order valence-electron chi connectivity index (χ4n) is 2.85. The van der Waals surface area contributed by atoms with Gasteiger partial charge in [0.2, 0.25) is 0 Å². The minimum absolute atomic E-state index is 0.00723. The molecule has 3 aromatic rings. The third-order valence-electron chi connectivity index (χ3n) is 4.24. The Morgan fingerprint density at radius 2 is 2.08 bits per heavy atom. The molecule has 1 N–H and O–H groups in total. The van der Waals surface area contributed by atoms with E-state index in [9.17, 15) is 9.59 Å². The smallest absolute Gasteiger partial charge is 0.264 e. The van der Waals surface area contributed by atoms with Crippen LogP contribution in [0.4, 0.5) is 0 Å². The molecule has 2 aromatic heterocycles. The van der Waals surface area contributed by atoms with Gasteiger partial charge in [0.05, 0.1) is 11.4 Å². The average molecular weight is 354 g/mol. The molecule has 0 bridgehead atoms. The summed E-state index contributed by atoms with van der Waals surface area (Å²) in [4.78, 5) is 30.6. The number of nitrogens with zero attached hydrogens (tertiary/aromatic N) is 1. The van der Waals surface area contributed by atoms with E-state index in [1.54, 1.807) is 4.90 Å². The largest absolute Gasteiger partial charge is 0.333 e. The fourth-order valence-corrected chi connectivity index (χ4v) is 3.54. The predicted molar refractivity (Wildman–Crippen MR) is 103 cm³/mol. The van der Waals surface area contributed by atoms with Crippen LogP contribution in [0, 0.1) is 6.92 Å². The van der Waals surface area contributed by atoms with Crippen molar-refractivity contribution < 1.29 is 4.79 Å². The number of fused-ring (bicyclic) bond motifs is 1. The number of H-pyrrole nitrogens is 1. The van der Waals surface area contributed by atoms with Gasteiger partial charge in [0.15, 0.2) is 0 Å². The lowest BCUT2D eigenvalue weighted by molar-refractivity contribution is 0.0745. The van der Waals surface area contributed by atoms with E-state index in [0.717, 1.165) is 29.3 Å². The second kappa shape index (κ2) is 7.66.